The highest BCUT2D eigenvalue weighted by atomic mass is 79.9. The topological polar surface area (TPSA) is 72.9 Å². The summed E-state index contributed by atoms with van der Waals surface area (Å²) in [6.45, 7) is 14.1. The van der Waals surface area contributed by atoms with E-state index in [4.69, 9.17) is 9.47 Å². The molecule has 0 atom stereocenters. The number of amides is 2. The number of hydrogen-bond donors (Lipinski definition) is 0. The minimum atomic E-state index is -0.808. The lowest BCUT2D eigenvalue weighted by atomic mass is 9.63. The first-order chi connectivity index (χ1) is 16.6. The molecule has 0 saturated carbocycles. The predicted molar refractivity (Wildman–Crippen MR) is 145 cm³/mol. The van der Waals surface area contributed by atoms with Gasteiger partial charge in [-0.05, 0) is 91.5 Å². The third-order valence-electron chi connectivity index (χ3n) is 6.76. The number of esters is 1. The van der Waals surface area contributed by atoms with E-state index in [9.17, 15) is 14.4 Å². The van der Waals surface area contributed by atoms with Gasteiger partial charge in [0.15, 0.2) is 0 Å². The summed E-state index contributed by atoms with van der Waals surface area (Å²) in [6.07, 6.45) is 1.28. The van der Waals surface area contributed by atoms with Crippen LogP contribution in [-0.2, 0) is 25.6 Å². The molecule has 36 heavy (non-hydrogen) atoms. The summed E-state index contributed by atoms with van der Waals surface area (Å²) in [7, 11) is 1.31. The van der Waals surface area contributed by atoms with Gasteiger partial charge in [-0.1, -0.05) is 49.7 Å². The van der Waals surface area contributed by atoms with Gasteiger partial charge >= 0.3 is 12.1 Å². The number of carbonyl (C=O) groups excluding carboxylic acids is 3. The molecule has 1 aliphatic carbocycles. The number of carbonyl (C=O) groups is 3. The third-order valence-corrected chi connectivity index (χ3v) is 7.37. The zero-order chi connectivity index (χ0) is 27.1. The fraction of sp³-hybridized carbons (Fsp3) is 0.483. The molecule has 6 nitrogen and oxygen atoms in total. The summed E-state index contributed by atoms with van der Waals surface area (Å²) in [5, 5.41) is 0.311. The van der Waals surface area contributed by atoms with Gasteiger partial charge < -0.3 is 9.47 Å². The maximum absolute atomic E-state index is 14.0. The maximum Gasteiger partial charge on any atom is 0.422 e. The van der Waals surface area contributed by atoms with E-state index < -0.39 is 23.6 Å². The second-order valence-electron chi connectivity index (χ2n) is 11.6. The van der Waals surface area contributed by atoms with Crippen LogP contribution in [-0.4, -0.2) is 30.7 Å². The molecule has 0 N–H and O–H groups in total. The third kappa shape index (κ3) is 5.66. The van der Waals surface area contributed by atoms with E-state index in [-0.39, 0.29) is 10.8 Å². The van der Waals surface area contributed by atoms with Crippen LogP contribution in [0.4, 0.5) is 10.5 Å². The number of fused-ring (bicyclic) bond motifs is 1. The Hall–Kier alpha value is -2.67. The van der Waals surface area contributed by atoms with E-state index in [1.165, 1.54) is 18.7 Å². The van der Waals surface area contributed by atoms with Crippen molar-refractivity contribution in [3.8, 4) is 0 Å². The van der Waals surface area contributed by atoms with Crippen LogP contribution in [0.1, 0.15) is 98.7 Å². The number of imide groups is 1. The minimum Gasteiger partial charge on any atom is -0.465 e. The van der Waals surface area contributed by atoms with E-state index in [0.717, 1.165) is 23.3 Å². The molecular formula is C29H36BrNO5. The second kappa shape index (κ2) is 10.0. The van der Waals surface area contributed by atoms with Gasteiger partial charge in [0.2, 0.25) is 0 Å². The van der Waals surface area contributed by atoms with E-state index >= 15 is 0 Å². The first-order valence-corrected chi connectivity index (χ1v) is 13.2. The zero-order valence-electron chi connectivity index (χ0n) is 22.5. The predicted octanol–water partition coefficient (Wildman–Crippen LogP) is 7.30. The Morgan fingerprint density at radius 1 is 0.917 bits per heavy atom. The quantitative estimate of drug-likeness (QED) is 0.291. The van der Waals surface area contributed by atoms with E-state index in [1.54, 1.807) is 39.0 Å². The molecule has 0 radical (unpaired) electrons. The van der Waals surface area contributed by atoms with Crippen molar-refractivity contribution in [2.24, 2.45) is 0 Å². The first kappa shape index (κ1) is 27.9. The van der Waals surface area contributed by atoms with Crippen LogP contribution in [0.25, 0.3) is 0 Å². The number of anilines is 1. The molecule has 0 aromatic heterocycles. The number of halogens is 1. The molecule has 0 aliphatic heterocycles. The summed E-state index contributed by atoms with van der Waals surface area (Å²) in [6, 6.07) is 10.5. The largest absolute Gasteiger partial charge is 0.465 e. The molecule has 2 aromatic carbocycles. The van der Waals surface area contributed by atoms with Gasteiger partial charge in [0.25, 0.3) is 5.91 Å². The SMILES string of the molecule is COC(=O)c1ccc(N(C(=O)OC(C)(C)C)C(=O)c2ccc3c(c2)C(C)(C)CCC3(C)C)c(CBr)c1. The lowest BCUT2D eigenvalue weighted by Crippen LogP contribution is -2.42. The Kier molecular flexibility index (Phi) is 7.75. The number of rotatable bonds is 4. The molecule has 3 rings (SSSR count). The Labute approximate surface area is 222 Å². The standard InChI is InChI=1S/C29H36BrNO5/c1-27(2,3)36-26(34)31(23-12-10-19(25(33)35-8)15-20(23)17-30)24(32)18-9-11-21-22(16-18)29(6,7)14-13-28(21,4)5/h9-12,15-16H,13-14,17H2,1-8H3. The van der Waals surface area contributed by atoms with Gasteiger partial charge in [0.05, 0.1) is 18.4 Å². The maximum atomic E-state index is 14.0. The molecule has 0 fully saturated rings. The molecule has 0 saturated heterocycles. The summed E-state index contributed by atoms with van der Waals surface area (Å²) >= 11 is 3.43. The molecular weight excluding hydrogens is 522 g/mol. The van der Waals surface area contributed by atoms with Crippen LogP contribution >= 0.6 is 15.9 Å². The summed E-state index contributed by atoms with van der Waals surface area (Å²) < 4.78 is 10.5. The average molecular weight is 559 g/mol. The molecule has 2 amide bonds. The Morgan fingerprint density at radius 3 is 2.06 bits per heavy atom. The van der Waals surface area contributed by atoms with Crippen LogP contribution in [0.3, 0.4) is 0 Å². The van der Waals surface area contributed by atoms with Crippen LogP contribution in [0.5, 0.6) is 0 Å². The number of nitrogens with zero attached hydrogens (tertiary/aromatic N) is 1. The number of methoxy groups -OCH3 is 1. The van der Waals surface area contributed by atoms with Crippen molar-refractivity contribution in [3.63, 3.8) is 0 Å². The number of benzene rings is 2. The van der Waals surface area contributed by atoms with Gasteiger partial charge in [0, 0.05) is 10.9 Å². The van der Waals surface area contributed by atoms with Gasteiger partial charge in [-0.3, -0.25) is 4.79 Å². The van der Waals surface area contributed by atoms with Crippen LogP contribution in [0.2, 0.25) is 0 Å². The monoisotopic (exact) mass is 557 g/mol. The molecule has 0 unspecified atom stereocenters. The van der Waals surface area contributed by atoms with Crippen LogP contribution in [0.15, 0.2) is 36.4 Å². The van der Waals surface area contributed by atoms with Crippen molar-refractivity contribution in [2.75, 3.05) is 12.0 Å². The lowest BCUT2D eigenvalue weighted by Gasteiger charge is -2.42. The molecule has 0 spiro atoms. The number of hydrogen-bond acceptors (Lipinski definition) is 5. The summed E-state index contributed by atoms with van der Waals surface area (Å²) in [5.41, 5.74) is 3.10. The van der Waals surface area contributed by atoms with Crippen LogP contribution in [0, 0.1) is 0 Å². The van der Waals surface area contributed by atoms with Crippen molar-refractivity contribution >= 4 is 39.6 Å². The lowest BCUT2D eigenvalue weighted by molar-refractivity contribution is 0.0561. The highest BCUT2D eigenvalue weighted by Gasteiger charge is 2.38. The second-order valence-corrected chi connectivity index (χ2v) is 12.2. The molecule has 2 aromatic rings. The van der Waals surface area contributed by atoms with Gasteiger partial charge in [-0.25, -0.2) is 14.5 Å². The van der Waals surface area contributed by atoms with E-state index in [1.807, 2.05) is 12.1 Å². The molecule has 7 heteroatoms. The Morgan fingerprint density at radius 2 is 1.50 bits per heavy atom. The number of alkyl halides is 1. The fourth-order valence-corrected chi connectivity index (χ4v) is 5.05. The zero-order valence-corrected chi connectivity index (χ0v) is 24.0. The Bertz CT molecular complexity index is 1190. The fourth-order valence-electron chi connectivity index (χ4n) is 4.60. The van der Waals surface area contributed by atoms with Crippen molar-refractivity contribution in [1.29, 1.82) is 0 Å². The normalized spacial score (nSPS) is 16.0. The average Bonchev–Trinajstić information content (AvgIpc) is 2.80. The molecule has 0 bridgehead atoms. The molecule has 1 aliphatic rings. The van der Waals surface area contributed by atoms with Crippen molar-refractivity contribution in [1.82, 2.24) is 0 Å². The first-order valence-electron chi connectivity index (χ1n) is 12.1. The number of ether oxygens (including phenoxy) is 2. The highest BCUT2D eigenvalue weighted by Crippen LogP contribution is 2.46. The minimum absolute atomic E-state index is 0.00410. The van der Waals surface area contributed by atoms with Gasteiger partial charge in [0.1, 0.15) is 5.60 Å². The van der Waals surface area contributed by atoms with Crippen LogP contribution < -0.4 is 4.90 Å². The van der Waals surface area contributed by atoms with Gasteiger partial charge in [-0.15, -0.1) is 0 Å². The van der Waals surface area contributed by atoms with E-state index in [2.05, 4.69) is 43.6 Å². The van der Waals surface area contributed by atoms with Crippen molar-refractivity contribution in [2.45, 2.75) is 83.1 Å². The van der Waals surface area contributed by atoms with E-state index in [0.29, 0.717) is 27.7 Å². The molecule has 0 heterocycles. The van der Waals surface area contributed by atoms with Gasteiger partial charge in [-0.2, -0.15) is 0 Å². The molecule has 194 valence electrons. The summed E-state index contributed by atoms with van der Waals surface area (Å²) in [4.78, 5) is 40.5. The smallest absolute Gasteiger partial charge is 0.422 e. The summed E-state index contributed by atoms with van der Waals surface area (Å²) in [5.74, 6) is -0.988. The Balaban J connectivity index is 2.16. The van der Waals surface area contributed by atoms with Crippen molar-refractivity contribution in [3.05, 3.63) is 64.2 Å². The highest BCUT2D eigenvalue weighted by molar-refractivity contribution is 9.08. The van der Waals surface area contributed by atoms with Crippen molar-refractivity contribution < 1.29 is 23.9 Å².